The minimum absolute atomic E-state index is 0.0962. The zero-order valence-electron chi connectivity index (χ0n) is 20.9. The second-order valence-electron chi connectivity index (χ2n) is 9.39. The van der Waals surface area contributed by atoms with Crippen LogP contribution in [-0.4, -0.2) is 50.6 Å². The summed E-state index contributed by atoms with van der Waals surface area (Å²) in [5, 5.41) is 8.79. The van der Waals surface area contributed by atoms with E-state index in [4.69, 9.17) is 10.5 Å². The Kier molecular flexibility index (Phi) is 7.75. The molecule has 4 N–H and O–H groups in total. The maximum absolute atomic E-state index is 14.9. The number of benzene rings is 2. The largest absolute Gasteiger partial charge is 0.434 e. The first kappa shape index (κ1) is 26.2. The third kappa shape index (κ3) is 6.54. The maximum Gasteiger partial charge on any atom is 0.325 e. The minimum Gasteiger partial charge on any atom is -0.434 e. The van der Waals surface area contributed by atoms with E-state index in [1.807, 2.05) is 6.07 Å². The molecule has 1 aliphatic heterocycles. The van der Waals surface area contributed by atoms with Gasteiger partial charge in [-0.25, -0.2) is 18.1 Å². The Balaban J connectivity index is 1.24. The Morgan fingerprint density at radius 1 is 1.13 bits per heavy atom. The number of imide groups is 1. The van der Waals surface area contributed by atoms with E-state index in [1.54, 1.807) is 10.7 Å². The van der Waals surface area contributed by atoms with Crippen molar-refractivity contribution in [2.75, 3.05) is 18.4 Å². The molecule has 4 aromatic rings. The molecule has 0 aliphatic carbocycles. The fraction of sp³-hybridized carbons (Fsp3) is 0.259. The lowest BCUT2D eigenvalue weighted by Crippen LogP contribution is -2.42. The number of rotatable bonds is 7. The van der Waals surface area contributed by atoms with Crippen LogP contribution in [0.5, 0.6) is 11.6 Å². The van der Waals surface area contributed by atoms with E-state index in [2.05, 4.69) is 25.6 Å². The number of fused-ring (bicyclic) bond motifs is 1. The number of nitrogens with two attached hydrogens (primary N) is 1. The second-order valence-corrected chi connectivity index (χ2v) is 9.39. The summed E-state index contributed by atoms with van der Waals surface area (Å²) in [6, 6.07) is 10.5. The summed E-state index contributed by atoms with van der Waals surface area (Å²) in [7, 11) is 0. The van der Waals surface area contributed by atoms with Gasteiger partial charge in [0.25, 0.3) is 0 Å². The molecule has 39 heavy (non-hydrogen) atoms. The quantitative estimate of drug-likeness (QED) is 0.330. The molecule has 2 aromatic heterocycles. The van der Waals surface area contributed by atoms with Crippen LogP contribution in [0, 0.1) is 11.6 Å². The number of aromatic nitrogens is 3. The van der Waals surface area contributed by atoms with Crippen molar-refractivity contribution in [2.45, 2.75) is 31.8 Å². The van der Waals surface area contributed by atoms with Crippen molar-refractivity contribution in [3.05, 3.63) is 83.8 Å². The van der Waals surface area contributed by atoms with Crippen LogP contribution in [0.25, 0.3) is 5.52 Å². The first-order valence-electron chi connectivity index (χ1n) is 12.5. The van der Waals surface area contributed by atoms with Gasteiger partial charge in [-0.2, -0.15) is 10.1 Å². The number of hydrogen-bond acceptors (Lipinski definition) is 7. The van der Waals surface area contributed by atoms with E-state index >= 15 is 0 Å². The highest BCUT2D eigenvalue weighted by Crippen LogP contribution is 2.30. The van der Waals surface area contributed by atoms with Gasteiger partial charge in [-0.3, -0.25) is 15.0 Å². The summed E-state index contributed by atoms with van der Waals surface area (Å²) < 4.78 is 35.4. The topological polar surface area (TPSA) is 127 Å². The van der Waals surface area contributed by atoms with E-state index in [0.29, 0.717) is 17.6 Å². The van der Waals surface area contributed by atoms with Gasteiger partial charge in [-0.15, -0.1) is 0 Å². The van der Waals surface area contributed by atoms with Crippen LogP contribution < -0.4 is 21.1 Å². The highest BCUT2D eigenvalue weighted by Gasteiger charge is 2.20. The summed E-state index contributed by atoms with van der Waals surface area (Å²) in [4.78, 5) is 30.8. The number of nitrogens with one attached hydrogen (secondary N) is 2. The zero-order chi connectivity index (χ0) is 27.4. The van der Waals surface area contributed by atoms with Gasteiger partial charge in [0.2, 0.25) is 11.8 Å². The lowest BCUT2D eigenvalue weighted by molar-refractivity contribution is -0.119. The van der Waals surface area contributed by atoms with Crippen molar-refractivity contribution in [3.8, 4) is 11.6 Å². The molecule has 3 amide bonds. The van der Waals surface area contributed by atoms with Crippen LogP contribution in [0.15, 0.2) is 61.1 Å². The monoisotopic (exact) mass is 535 g/mol. The summed E-state index contributed by atoms with van der Waals surface area (Å²) >= 11 is 0. The second kappa shape index (κ2) is 11.5. The lowest BCUT2D eigenvalue weighted by Gasteiger charge is -2.30. The minimum atomic E-state index is -0.831. The van der Waals surface area contributed by atoms with Gasteiger partial charge in [-0.05, 0) is 60.8 Å². The van der Waals surface area contributed by atoms with Crippen molar-refractivity contribution in [3.63, 3.8) is 0 Å². The molecule has 0 bridgehead atoms. The highest BCUT2D eigenvalue weighted by atomic mass is 19.1. The number of likely N-dealkylation sites (tertiary alicyclic amines) is 1. The Hall–Kier alpha value is -4.42. The maximum atomic E-state index is 14.9. The van der Waals surface area contributed by atoms with E-state index < -0.39 is 23.6 Å². The number of amides is 3. The number of carbonyl (C=O) groups excluding carboxylic acids is 2. The summed E-state index contributed by atoms with van der Waals surface area (Å²) in [6.45, 7) is 2.35. The van der Waals surface area contributed by atoms with E-state index in [1.165, 1.54) is 42.7 Å². The Morgan fingerprint density at radius 3 is 2.72 bits per heavy atom. The molecule has 1 unspecified atom stereocenters. The van der Waals surface area contributed by atoms with E-state index in [9.17, 15) is 18.4 Å². The van der Waals surface area contributed by atoms with Crippen molar-refractivity contribution in [1.82, 2.24) is 24.8 Å². The molecule has 5 rings (SSSR count). The number of urea groups is 1. The smallest absolute Gasteiger partial charge is 0.325 e. The lowest BCUT2D eigenvalue weighted by atomic mass is 10.1. The molecular formula is C27H27F2N7O3. The van der Waals surface area contributed by atoms with Gasteiger partial charge in [0.1, 0.15) is 17.7 Å². The standard InChI is InChI=1S/C27H27F2N7O3/c28-19-5-3-17(4-6-19)12-24(37)34-27(38)33-21-7-8-23(22(29)13-21)39-26-25-18(9-11-36(25)32-16-31-26)14-35-10-1-2-20(30)15-35/h3-9,11,13,16,20H,1-2,10,12,14-15,30H2,(H2,33,34,37,38). The van der Waals surface area contributed by atoms with Crippen LogP contribution >= 0.6 is 0 Å². The normalized spacial score (nSPS) is 15.7. The molecule has 0 radical (unpaired) electrons. The number of hydrogen-bond donors (Lipinski definition) is 3. The molecule has 12 heteroatoms. The predicted octanol–water partition coefficient (Wildman–Crippen LogP) is 3.61. The summed E-state index contributed by atoms with van der Waals surface area (Å²) in [5.41, 5.74) is 8.33. The fourth-order valence-corrected chi connectivity index (χ4v) is 4.55. The average molecular weight is 536 g/mol. The van der Waals surface area contributed by atoms with Gasteiger partial charge in [0, 0.05) is 37.1 Å². The van der Waals surface area contributed by atoms with Gasteiger partial charge in [0.15, 0.2) is 11.6 Å². The molecule has 10 nitrogen and oxygen atoms in total. The van der Waals surface area contributed by atoms with Gasteiger partial charge in [0.05, 0.1) is 6.42 Å². The van der Waals surface area contributed by atoms with Gasteiger partial charge in [-0.1, -0.05) is 12.1 Å². The van der Waals surface area contributed by atoms with E-state index in [-0.39, 0.29) is 29.8 Å². The third-order valence-electron chi connectivity index (χ3n) is 6.37. The SMILES string of the molecule is NC1CCCN(Cc2ccn3ncnc(Oc4ccc(NC(=O)NC(=O)Cc5ccc(F)cc5)cc4F)c23)C1. The average Bonchev–Trinajstić information content (AvgIpc) is 3.30. The predicted molar refractivity (Wildman–Crippen MR) is 139 cm³/mol. The molecule has 2 aromatic carbocycles. The molecule has 1 atom stereocenters. The Bertz CT molecular complexity index is 1490. The number of halogens is 2. The first-order valence-corrected chi connectivity index (χ1v) is 12.5. The number of piperidine rings is 1. The molecule has 3 heterocycles. The van der Waals surface area contributed by atoms with Crippen LogP contribution in [0.1, 0.15) is 24.0 Å². The van der Waals surface area contributed by atoms with Crippen LogP contribution in [-0.2, 0) is 17.8 Å². The fourth-order valence-electron chi connectivity index (χ4n) is 4.55. The molecule has 1 saturated heterocycles. The van der Waals surface area contributed by atoms with Crippen molar-refractivity contribution in [1.29, 1.82) is 0 Å². The zero-order valence-corrected chi connectivity index (χ0v) is 20.9. The first-order chi connectivity index (χ1) is 18.8. The molecule has 0 saturated carbocycles. The Labute approximate surface area is 222 Å². The number of carbonyl (C=O) groups is 2. The van der Waals surface area contributed by atoms with Crippen molar-refractivity contribution >= 4 is 23.1 Å². The number of nitrogens with zero attached hydrogens (tertiary/aromatic N) is 4. The molecule has 0 spiro atoms. The third-order valence-corrected chi connectivity index (χ3v) is 6.37. The highest BCUT2D eigenvalue weighted by molar-refractivity contribution is 6.01. The number of anilines is 1. The Morgan fingerprint density at radius 2 is 1.95 bits per heavy atom. The van der Waals surface area contributed by atoms with Crippen molar-refractivity contribution in [2.24, 2.45) is 5.73 Å². The van der Waals surface area contributed by atoms with Gasteiger partial charge < -0.3 is 15.8 Å². The number of ether oxygens (including phenoxy) is 1. The van der Waals surface area contributed by atoms with Crippen LogP contribution in [0.4, 0.5) is 19.3 Å². The van der Waals surface area contributed by atoms with E-state index in [0.717, 1.165) is 37.6 Å². The molecule has 202 valence electrons. The summed E-state index contributed by atoms with van der Waals surface area (Å²) in [6.07, 6.45) is 5.03. The molecular weight excluding hydrogens is 508 g/mol. The van der Waals surface area contributed by atoms with Crippen LogP contribution in [0.3, 0.4) is 0 Å². The van der Waals surface area contributed by atoms with Crippen LogP contribution in [0.2, 0.25) is 0 Å². The molecule has 1 aliphatic rings. The molecule has 1 fully saturated rings. The van der Waals surface area contributed by atoms with Gasteiger partial charge >= 0.3 is 6.03 Å². The summed E-state index contributed by atoms with van der Waals surface area (Å²) in [5.74, 6) is -1.66. The van der Waals surface area contributed by atoms with Crippen molar-refractivity contribution < 1.29 is 23.1 Å².